The predicted molar refractivity (Wildman–Crippen MR) is 97.2 cm³/mol. The molecule has 1 heterocycles. The molecule has 1 aromatic heterocycles. The molecule has 1 amide bonds. The summed E-state index contributed by atoms with van der Waals surface area (Å²) in [6, 6.07) is 7.60. The van der Waals surface area contributed by atoms with Crippen LogP contribution in [-0.4, -0.2) is 41.0 Å². The van der Waals surface area contributed by atoms with Gasteiger partial charge in [-0.15, -0.1) is 10.2 Å². The van der Waals surface area contributed by atoms with E-state index in [9.17, 15) is 9.59 Å². The second-order valence-electron chi connectivity index (χ2n) is 4.80. The smallest absolute Gasteiger partial charge is 0.316 e. The summed E-state index contributed by atoms with van der Waals surface area (Å²) in [7, 11) is 0. The first-order valence-electron chi connectivity index (χ1n) is 7.74. The number of aromatic nitrogens is 2. The van der Waals surface area contributed by atoms with Crippen molar-refractivity contribution in [2.24, 2.45) is 0 Å². The van der Waals surface area contributed by atoms with Gasteiger partial charge in [0.15, 0.2) is 10.9 Å². The number of anilines is 1. The largest absolute Gasteiger partial charge is 0.484 e. The summed E-state index contributed by atoms with van der Waals surface area (Å²) < 4.78 is 10.8. The number of carbonyl (C=O) groups is 2. The van der Waals surface area contributed by atoms with E-state index in [4.69, 9.17) is 9.47 Å². The zero-order valence-corrected chi connectivity index (χ0v) is 15.6. The van der Waals surface area contributed by atoms with Crippen molar-refractivity contribution >= 4 is 40.1 Å². The Balaban J connectivity index is 1.75. The molecule has 134 valence electrons. The molecule has 0 aliphatic carbocycles. The molecule has 0 radical (unpaired) electrons. The van der Waals surface area contributed by atoms with Crippen LogP contribution in [0, 0.1) is 0 Å². The van der Waals surface area contributed by atoms with Gasteiger partial charge in [0.1, 0.15) is 5.75 Å². The highest BCUT2D eigenvalue weighted by Crippen LogP contribution is 2.25. The van der Waals surface area contributed by atoms with Crippen LogP contribution in [0.2, 0.25) is 0 Å². The van der Waals surface area contributed by atoms with E-state index >= 15 is 0 Å². The van der Waals surface area contributed by atoms with Gasteiger partial charge in [-0.1, -0.05) is 42.2 Å². The van der Waals surface area contributed by atoms with Crippen LogP contribution in [0.5, 0.6) is 5.75 Å². The fraction of sp³-hybridized carbons (Fsp3) is 0.375. The number of rotatable bonds is 9. The number of amides is 1. The normalized spacial score (nSPS) is 10.3. The van der Waals surface area contributed by atoms with Crippen LogP contribution in [0.25, 0.3) is 0 Å². The summed E-state index contributed by atoms with van der Waals surface area (Å²) in [5, 5.41) is 10.8. The molecule has 2 rings (SSSR count). The third kappa shape index (κ3) is 6.71. The summed E-state index contributed by atoms with van der Waals surface area (Å²) in [4.78, 5) is 23.2. The molecule has 0 aliphatic heterocycles. The van der Waals surface area contributed by atoms with Crippen molar-refractivity contribution in [3.05, 3.63) is 29.8 Å². The lowest BCUT2D eigenvalue weighted by Crippen LogP contribution is -2.20. The van der Waals surface area contributed by atoms with Crippen molar-refractivity contribution in [3.63, 3.8) is 0 Å². The van der Waals surface area contributed by atoms with E-state index in [0.717, 1.165) is 6.42 Å². The minimum atomic E-state index is -0.322. The number of carbonyl (C=O) groups excluding carboxylic acids is 2. The molecule has 7 nitrogen and oxygen atoms in total. The number of thioether (sulfide) groups is 1. The third-order valence-electron chi connectivity index (χ3n) is 2.97. The van der Waals surface area contributed by atoms with Crippen LogP contribution in [0.1, 0.15) is 19.4 Å². The minimum Gasteiger partial charge on any atom is -0.484 e. The molecule has 0 fully saturated rings. The van der Waals surface area contributed by atoms with Crippen LogP contribution < -0.4 is 10.1 Å². The molecule has 0 spiro atoms. The first-order chi connectivity index (χ1) is 12.1. The van der Waals surface area contributed by atoms with Crippen LogP contribution >= 0.6 is 23.1 Å². The summed E-state index contributed by atoms with van der Waals surface area (Å²) in [5.74, 6) is 0.163. The molecule has 0 saturated heterocycles. The second-order valence-corrected chi connectivity index (χ2v) is 7.00. The molecule has 9 heteroatoms. The van der Waals surface area contributed by atoms with Gasteiger partial charge >= 0.3 is 5.97 Å². The predicted octanol–water partition coefficient (Wildman–Crippen LogP) is 2.77. The van der Waals surface area contributed by atoms with Gasteiger partial charge < -0.3 is 9.47 Å². The van der Waals surface area contributed by atoms with E-state index in [1.165, 1.54) is 28.7 Å². The molecule has 2 aromatic rings. The third-order valence-corrected chi connectivity index (χ3v) is 4.92. The molecule has 1 N–H and O–H groups in total. The van der Waals surface area contributed by atoms with Gasteiger partial charge in [-0.3, -0.25) is 14.9 Å². The van der Waals surface area contributed by atoms with Crippen molar-refractivity contribution in [1.82, 2.24) is 10.2 Å². The van der Waals surface area contributed by atoms with E-state index in [2.05, 4.69) is 22.4 Å². The van der Waals surface area contributed by atoms with Gasteiger partial charge in [0.25, 0.3) is 5.91 Å². The topological polar surface area (TPSA) is 90.4 Å². The quantitative estimate of drug-likeness (QED) is 0.406. The lowest BCUT2D eigenvalue weighted by molar-refractivity contribution is -0.139. The molecular formula is C16H19N3O4S2. The maximum absolute atomic E-state index is 11.9. The van der Waals surface area contributed by atoms with Gasteiger partial charge in [0.2, 0.25) is 5.13 Å². The van der Waals surface area contributed by atoms with Crippen LogP contribution in [0.3, 0.4) is 0 Å². The number of nitrogens with one attached hydrogen (secondary N) is 1. The molecule has 0 aliphatic rings. The van der Waals surface area contributed by atoms with Crippen LogP contribution in [-0.2, 0) is 20.7 Å². The average molecular weight is 381 g/mol. The fourth-order valence-electron chi connectivity index (χ4n) is 1.77. The zero-order valence-electron chi connectivity index (χ0n) is 14.0. The molecule has 0 unspecified atom stereocenters. The van der Waals surface area contributed by atoms with E-state index in [0.29, 0.717) is 21.8 Å². The first kappa shape index (κ1) is 19.2. The van der Waals surface area contributed by atoms with E-state index in [1.54, 1.807) is 6.92 Å². The maximum Gasteiger partial charge on any atom is 0.316 e. The van der Waals surface area contributed by atoms with Crippen molar-refractivity contribution in [2.75, 3.05) is 24.3 Å². The molecule has 0 bridgehead atoms. The number of hydrogen-bond donors (Lipinski definition) is 1. The van der Waals surface area contributed by atoms with Gasteiger partial charge in [-0.05, 0) is 31.0 Å². The first-order valence-corrected chi connectivity index (χ1v) is 9.54. The van der Waals surface area contributed by atoms with Crippen molar-refractivity contribution in [3.8, 4) is 5.75 Å². The Morgan fingerprint density at radius 1 is 1.20 bits per heavy atom. The number of nitrogens with zero attached hydrogens (tertiary/aromatic N) is 2. The van der Waals surface area contributed by atoms with Crippen molar-refractivity contribution in [1.29, 1.82) is 0 Å². The van der Waals surface area contributed by atoms with Gasteiger partial charge in [0.05, 0.1) is 12.4 Å². The fourth-order valence-corrected chi connectivity index (χ4v) is 3.33. The number of ether oxygens (including phenoxy) is 2. The highest BCUT2D eigenvalue weighted by molar-refractivity contribution is 8.01. The van der Waals surface area contributed by atoms with E-state index < -0.39 is 0 Å². The molecule has 1 aromatic carbocycles. The Bertz CT molecular complexity index is 704. The highest BCUT2D eigenvalue weighted by Gasteiger charge is 2.11. The highest BCUT2D eigenvalue weighted by atomic mass is 32.2. The number of hydrogen-bond acceptors (Lipinski definition) is 8. The van der Waals surface area contributed by atoms with Gasteiger partial charge in [-0.25, -0.2) is 0 Å². The van der Waals surface area contributed by atoms with Crippen LogP contribution in [0.15, 0.2) is 28.6 Å². The van der Waals surface area contributed by atoms with Crippen molar-refractivity contribution < 1.29 is 19.1 Å². The Hall–Kier alpha value is -2.13. The standard InChI is InChI=1S/C16H19N3O4S2/c1-3-11-5-7-12(8-6-11)23-9-13(20)17-15-18-19-16(25-15)24-10-14(21)22-4-2/h5-8H,3-4,9-10H2,1-2H3,(H,17,18,20). The summed E-state index contributed by atoms with van der Waals surface area (Å²) >= 11 is 2.41. The summed E-state index contributed by atoms with van der Waals surface area (Å²) in [5.41, 5.74) is 1.21. The summed E-state index contributed by atoms with van der Waals surface area (Å²) in [6.07, 6.45) is 0.953. The molecular weight excluding hydrogens is 362 g/mol. The Kier molecular flexibility index (Phi) is 7.68. The van der Waals surface area contributed by atoms with Crippen molar-refractivity contribution in [2.45, 2.75) is 24.6 Å². The molecule has 0 atom stereocenters. The SMILES string of the molecule is CCOC(=O)CSc1nnc(NC(=O)COc2ccc(CC)cc2)s1. The average Bonchev–Trinajstić information content (AvgIpc) is 3.06. The summed E-state index contributed by atoms with van der Waals surface area (Å²) in [6.45, 7) is 4.06. The van der Waals surface area contributed by atoms with Gasteiger partial charge in [-0.2, -0.15) is 0 Å². The van der Waals surface area contributed by atoms with Gasteiger partial charge in [0, 0.05) is 0 Å². The number of aryl methyl sites for hydroxylation is 1. The molecule has 0 saturated carbocycles. The second kappa shape index (κ2) is 10.00. The molecule has 25 heavy (non-hydrogen) atoms. The lowest BCUT2D eigenvalue weighted by Gasteiger charge is -2.06. The Morgan fingerprint density at radius 2 is 1.96 bits per heavy atom. The monoisotopic (exact) mass is 381 g/mol. The Morgan fingerprint density at radius 3 is 2.64 bits per heavy atom. The maximum atomic E-state index is 11.9. The van der Waals surface area contributed by atoms with Crippen LogP contribution in [0.4, 0.5) is 5.13 Å². The number of esters is 1. The Labute approximate surface area is 154 Å². The van der Waals surface area contributed by atoms with E-state index in [-0.39, 0.29) is 24.2 Å². The minimum absolute atomic E-state index is 0.115. The van der Waals surface area contributed by atoms with E-state index in [1.807, 2.05) is 24.3 Å². The number of benzene rings is 1. The lowest BCUT2D eigenvalue weighted by atomic mass is 10.2. The zero-order chi connectivity index (χ0) is 18.1.